The molecule has 1 rings (SSSR count). The zero-order chi connectivity index (χ0) is 11.8. The van der Waals surface area contributed by atoms with Crippen LogP contribution >= 0.6 is 0 Å². The number of carbonyl (C=O) groups excluding carboxylic acids is 1. The Kier molecular flexibility index (Phi) is 5.25. The maximum Gasteiger partial charge on any atom is 0.244 e. The van der Waals surface area contributed by atoms with E-state index in [0.29, 0.717) is 0 Å². The first kappa shape index (κ1) is 12.4. The summed E-state index contributed by atoms with van der Waals surface area (Å²) in [5.41, 5.74) is 0.919. The summed E-state index contributed by atoms with van der Waals surface area (Å²) >= 11 is 0. The van der Waals surface area contributed by atoms with Gasteiger partial charge < -0.3 is 15.5 Å². The summed E-state index contributed by atoms with van der Waals surface area (Å²) in [6.07, 6.45) is 3.04. The fourth-order valence-corrected chi connectivity index (χ4v) is 1.13. The second-order valence-electron chi connectivity index (χ2n) is 3.31. The number of carbonyl (C=O) groups is 1. The topological polar surface area (TPSA) is 69.6 Å². The van der Waals surface area contributed by atoms with E-state index in [9.17, 15) is 4.79 Å². The van der Waals surface area contributed by atoms with Gasteiger partial charge in [-0.15, -0.1) is 0 Å². The lowest BCUT2D eigenvalue weighted by Gasteiger charge is -2.10. The quantitative estimate of drug-likeness (QED) is 0.621. The van der Waals surface area contributed by atoms with Gasteiger partial charge in [0.15, 0.2) is 0 Å². The van der Waals surface area contributed by atoms with Crippen molar-refractivity contribution in [3.8, 4) is 0 Å². The third-order valence-corrected chi connectivity index (χ3v) is 2.01. The summed E-state index contributed by atoms with van der Waals surface area (Å²) in [7, 11) is 0. The van der Waals surface area contributed by atoms with Crippen molar-refractivity contribution < 1.29 is 15.0 Å². The Morgan fingerprint density at radius 2 is 1.88 bits per heavy atom. The molecule has 0 saturated heterocycles. The highest BCUT2D eigenvalue weighted by molar-refractivity contribution is 5.91. The minimum atomic E-state index is -0.604. The molecule has 0 aliphatic rings. The molecule has 0 radical (unpaired) electrons. The van der Waals surface area contributed by atoms with Crippen molar-refractivity contribution in [2.75, 3.05) is 13.2 Å². The van der Waals surface area contributed by atoms with Crippen molar-refractivity contribution in [3.05, 3.63) is 42.0 Å². The summed E-state index contributed by atoms with van der Waals surface area (Å²) in [5.74, 6) is -0.336. The van der Waals surface area contributed by atoms with Gasteiger partial charge in [-0.3, -0.25) is 4.79 Å². The Hall–Kier alpha value is -1.65. The van der Waals surface area contributed by atoms with Gasteiger partial charge in [0.05, 0.1) is 19.3 Å². The van der Waals surface area contributed by atoms with Crippen LogP contribution in [0.3, 0.4) is 0 Å². The van der Waals surface area contributed by atoms with Gasteiger partial charge in [0.25, 0.3) is 0 Å². The van der Waals surface area contributed by atoms with Crippen LogP contribution in [-0.2, 0) is 4.79 Å². The molecule has 0 aliphatic heterocycles. The SMILES string of the molecule is O=C(/C=C/c1ccccc1)NC(CO)CO. The molecule has 3 N–H and O–H groups in total. The molecule has 0 bridgehead atoms. The lowest BCUT2D eigenvalue weighted by atomic mass is 10.2. The Morgan fingerprint density at radius 3 is 2.44 bits per heavy atom. The van der Waals surface area contributed by atoms with Crippen molar-refractivity contribution >= 4 is 12.0 Å². The largest absolute Gasteiger partial charge is 0.394 e. The van der Waals surface area contributed by atoms with E-state index < -0.39 is 6.04 Å². The minimum Gasteiger partial charge on any atom is -0.394 e. The zero-order valence-corrected chi connectivity index (χ0v) is 8.84. The van der Waals surface area contributed by atoms with Gasteiger partial charge in [-0.2, -0.15) is 0 Å². The molecule has 0 saturated carbocycles. The van der Waals surface area contributed by atoms with Gasteiger partial charge in [0, 0.05) is 6.08 Å². The summed E-state index contributed by atoms with van der Waals surface area (Å²) in [6.45, 7) is -0.553. The van der Waals surface area contributed by atoms with Gasteiger partial charge in [-0.1, -0.05) is 30.3 Å². The predicted octanol–water partition coefficient (Wildman–Crippen LogP) is 0.169. The van der Waals surface area contributed by atoms with Crippen molar-refractivity contribution in [2.45, 2.75) is 6.04 Å². The van der Waals surface area contributed by atoms with E-state index >= 15 is 0 Å². The third-order valence-electron chi connectivity index (χ3n) is 2.01. The average molecular weight is 221 g/mol. The number of aliphatic hydroxyl groups excluding tert-OH is 2. The summed E-state index contributed by atoms with van der Waals surface area (Å²) in [4.78, 5) is 11.3. The van der Waals surface area contributed by atoms with Crippen molar-refractivity contribution in [1.82, 2.24) is 5.32 Å². The number of nitrogens with one attached hydrogen (secondary N) is 1. The number of rotatable bonds is 5. The van der Waals surface area contributed by atoms with Gasteiger partial charge >= 0.3 is 0 Å². The molecule has 0 unspecified atom stereocenters. The number of aliphatic hydroxyl groups is 2. The molecule has 4 nitrogen and oxygen atoms in total. The number of hydrogen-bond donors (Lipinski definition) is 3. The molecule has 16 heavy (non-hydrogen) atoms. The second-order valence-corrected chi connectivity index (χ2v) is 3.31. The van der Waals surface area contributed by atoms with Crippen molar-refractivity contribution in [1.29, 1.82) is 0 Å². The second kappa shape index (κ2) is 6.76. The first-order chi connectivity index (χ1) is 7.76. The molecule has 0 fully saturated rings. The van der Waals surface area contributed by atoms with Gasteiger partial charge in [0.1, 0.15) is 0 Å². The molecule has 4 heteroatoms. The smallest absolute Gasteiger partial charge is 0.244 e. The third kappa shape index (κ3) is 4.25. The van der Waals surface area contributed by atoms with E-state index in [2.05, 4.69) is 5.32 Å². The molecular weight excluding hydrogens is 206 g/mol. The van der Waals surface area contributed by atoms with Gasteiger partial charge in [-0.05, 0) is 11.6 Å². The van der Waals surface area contributed by atoms with Crippen LogP contribution in [0.2, 0.25) is 0 Å². The lowest BCUT2D eigenvalue weighted by Crippen LogP contribution is -2.39. The molecule has 0 heterocycles. The van der Waals surface area contributed by atoms with Crippen molar-refractivity contribution in [2.24, 2.45) is 0 Å². The summed E-state index contributed by atoms with van der Waals surface area (Å²) < 4.78 is 0. The fraction of sp³-hybridized carbons (Fsp3) is 0.250. The molecule has 1 aromatic rings. The van der Waals surface area contributed by atoms with Crippen LogP contribution < -0.4 is 5.32 Å². The first-order valence-corrected chi connectivity index (χ1v) is 5.01. The Labute approximate surface area is 94.2 Å². The molecule has 0 aromatic heterocycles. The molecule has 0 aliphatic carbocycles. The van der Waals surface area contributed by atoms with Crippen LogP contribution in [0, 0.1) is 0 Å². The van der Waals surface area contributed by atoms with Crippen LogP contribution in [0.4, 0.5) is 0 Å². The highest BCUT2D eigenvalue weighted by Crippen LogP contribution is 2.00. The number of benzene rings is 1. The molecule has 0 spiro atoms. The fourth-order valence-electron chi connectivity index (χ4n) is 1.13. The normalized spacial score (nSPS) is 10.9. The summed E-state index contributed by atoms with van der Waals surface area (Å²) in [5, 5.41) is 20.0. The molecular formula is C12H15NO3. The summed E-state index contributed by atoms with van der Waals surface area (Å²) in [6, 6.07) is 8.79. The van der Waals surface area contributed by atoms with Crippen LogP contribution in [0.1, 0.15) is 5.56 Å². The number of amides is 1. The van der Waals surface area contributed by atoms with E-state index in [4.69, 9.17) is 10.2 Å². The van der Waals surface area contributed by atoms with E-state index in [1.54, 1.807) is 6.08 Å². The first-order valence-electron chi connectivity index (χ1n) is 5.01. The van der Waals surface area contributed by atoms with Gasteiger partial charge in [-0.25, -0.2) is 0 Å². The zero-order valence-electron chi connectivity index (χ0n) is 8.84. The van der Waals surface area contributed by atoms with E-state index in [0.717, 1.165) is 5.56 Å². The Morgan fingerprint density at radius 1 is 1.25 bits per heavy atom. The minimum absolute atomic E-state index is 0.276. The lowest BCUT2D eigenvalue weighted by molar-refractivity contribution is -0.117. The van der Waals surface area contributed by atoms with E-state index in [1.807, 2.05) is 30.3 Å². The molecule has 1 aromatic carbocycles. The van der Waals surface area contributed by atoms with E-state index in [1.165, 1.54) is 6.08 Å². The van der Waals surface area contributed by atoms with Gasteiger partial charge in [0.2, 0.25) is 5.91 Å². The molecule has 1 amide bonds. The predicted molar refractivity (Wildman–Crippen MR) is 61.6 cm³/mol. The maximum atomic E-state index is 11.3. The van der Waals surface area contributed by atoms with E-state index in [-0.39, 0.29) is 19.1 Å². The van der Waals surface area contributed by atoms with Crippen molar-refractivity contribution in [3.63, 3.8) is 0 Å². The highest BCUT2D eigenvalue weighted by atomic mass is 16.3. The van der Waals surface area contributed by atoms with Crippen LogP contribution in [0.25, 0.3) is 6.08 Å². The monoisotopic (exact) mass is 221 g/mol. The molecule has 86 valence electrons. The van der Waals surface area contributed by atoms with Crippen LogP contribution in [-0.4, -0.2) is 35.4 Å². The number of hydrogen-bond acceptors (Lipinski definition) is 3. The van der Waals surface area contributed by atoms with Crippen LogP contribution in [0.15, 0.2) is 36.4 Å². The molecule has 0 atom stereocenters. The Bertz CT molecular complexity index is 345. The average Bonchev–Trinajstić information content (AvgIpc) is 2.34. The maximum absolute atomic E-state index is 11.3. The standard InChI is InChI=1S/C12H15NO3/c14-8-11(9-15)13-12(16)7-6-10-4-2-1-3-5-10/h1-7,11,14-15H,8-9H2,(H,13,16)/b7-6+. The Balaban J connectivity index is 2.48. The highest BCUT2D eigenvalue weighted by Gasteiger charge is 2.06. The van der Waals surface area contributed by atoms with Crippen LogP contribution in [0.5, 0.6) is 0 Å².